The normalized spacial score (nSPS) is 17.6. The summed E-state index contributed by atoms with van der Waals surface area (Å²) in [5, 5.41) is 3.31. The van der Waals surface area contributed by atoms with E-state index in [-0.39, 0.29) is 30.5 Å². The Kier molecular flexibility index (Phi) is 6.84. The number of halogens is 1. The molecule has 1 heterocycles. The fourth-order valence-electron chi connectivity index (χ4n) is 2.57. The largest absolute Gasteiger partial charge is 0.496 e. The molecule has 1 unspecified atom stereocenters. The third-order valence-corrected chi connectivity index (χ3v) is 3.75. The topological polar surface area (TPSA) is 58.6 Å². The number of rotatable bonds is 4. The molecule has 1 atom stereocenters. The Bertz CT molecular complexity index is 548. The summed E-state index contributed by atoms with van der Waals surface area (Å²) in [5.74, 6) is 0.709. The molecule has 1 amide bonds. The van der Waals surface area contributed by atoms with Crippen LogP contribution < -0.4 is 10.1 Å². The van der Waals surface area contributed by atoms with Gasteiger partial charge in [-0.1, -0.05) is 0 Å². The smallest absolute Gasteiger partial charge is 0.227 e. The molecule has 1 aromatic carbocycles. The molecule has 1 N–H and O–H groups in total. The zero-order chi connectivity index (χ0) is 15.4. The predicted octanol–water partition coefficient (Wildman–Crippen LogP) is 1.68. The molecule has 0 bridgehead atoms. The SMILES string of the molecule is COc1ccc(C(C)=O)cc1CC(=O)N1CCNC(C)C1.Cl. The van der Waals surface area contributed by atoms with E-state index in [2.05, 4.69) is 12.2 Å². The highest BCUT2D eigenvalue weighted by Crippen LogP contribution is 2.21. The molecule has 0 aliphatic carbocycles. The predicted molar refractivity (Wildman–Crippen MR) is 88.0 cm³/mol. The minimum atomic E-state index is -0.0119. The molecule has 5 nitrogen and oxygen atoms in total. The number of hydrogen-bond acceptors (Lipinski definition) is 4. The fraction of sp³-hybridized carbons (Fsp3) is 0.500. The molecule has 1 aromatic rings. The minimum Gasteiger partial charge on any atom is -0.496 e. The van der Waals surface area contributed by atoms with Crippen molar-refractivity contribution < 1.29 is 14.3 Å². The second-order valence-corrected chi connectivity index (χ2v) is 5.45. The van der Waals surface area contributed by atoms with Crippen molar-refractivity contribution >= 4 is 24.1 Å². The van der Waals surface area contributed by atoms with Gasteiger partial charge < -0.3 is 15.0 Å². The Morgan fingerprint density at radius 1 is 1.41 bits per heavy atom. The van der Waals surface area contributed by atoms with Gasteiger partial charge in [0.1, 0.15) is 5.75 Å². The van der Waals surface area contributed by atoms with Gasteiger partial charge in [-0.2, -0.15) is 0 Å². The highest BCUT2D eigenvalue weighted by molar-refractivity contribution is 5.94. The standard InChI is InChI=1S/C16H22N2O3.ClH/c1-11-10-18(7-6-17-11)16(20)9-14-8-13(12(2)19)4-5-15(14)21-3;/h4-5,8,11,17H,6-7,9-10H2,1-3H3;1H. The summed E-state index contributed by atoms with van der Waals surface area (Å²) in [6.45, 7) is 5.84. The number of methoxy groups -OCH3 is 1. The van der Waals surface area contributed by atoms with Crippen LogP contribution in [-0.4, -0.2) is 49.4 Å². The highest BCUT2D eigenvalue weighted by atomic mass is 35.5. The van der Waals surface area contributed by atoms with E-state index in [1.165, 1.54) is 6.92 Å². The molecule has 0 aromatic heterocycles. The van der Waals surface area contributed by atoms with Gasteiger partial charge in [-0.3, -0.25) is 9.59 Å². The average Bonchev–Trinajstić information content (AvgIpc) is 2.47. The van der Waals surface area contributed by atoms with E-state index < -0.39 is 0 Å². The highest BCUT2D eigenvalue weighted by Gasteiger charge is 2.21. The summed E-state index contributed by atoms with van der Waals surface area (Å²) >= 11 is 0. The number of nitrogens with one attached hydrogen (secondary N) is 1. The van der Waals surface area contributed by atoms with E-state index in [1.807, 2.05) is 4.90 Å². The van der Waals surface area contributed by atoms with Crippen LogP contribution >= 0.6 is 12.4 Å². The van der Waals surface area contributed by atoms with Gasteiger partial charge in [0.15, 0.2) is 5.78 Å². The number of piperazine rings is 1. The van der Waals surface area contributed by atoms with Crippen LogP contribution in [-0.2, 0) is 11.2 Å². The third kappa shape index (κ3) is 4.45. The van der Waals surface area contributed by atoms with E-state index >= 15 is 0 Å². The molecule has 1 aliphatic rings. The third-order valence-electron chi connectivity index (χ3n) is 3.75. The molecule has 1 fully saturated rings. The lowest BCUT2D eigenvalue weighted by Crippen LogP contribution is -2.51. The molecule has 1 aliphatic heterocycles. The van der Waals surface area contributed by atoms with Gasteiger partial charge in [0.25, 0.3) is 0 Å². The molecule has 0 radical (unpaired) electrons. The van der Waals surface area contributed by atoms with Crippen molar-refractivity contribution in [2.45, 2.75) is 26.3 Å². The Labute approximate surface area is 137 Å². The molecule has 122 valence electrons. The summed E-state index contributed by atoms with van der Waals surface area (Å²) in [5.41, 5.74) is 1.37. The number of nitrogens with zero attached hydrogens (tertiary/aromatic N) is 1. The molecule has 1 saturated heterocycles. The van der Waals surface area contributed by atoms with Crippen molar-refractivity contribution in [3.8, 4) is 5.75 Å². The van der Waals surface area contributed by atoms with Crippen LogP contribution in [0.15, 0.2) is 18.2 Å². The Balaban J connectivity index is 0.00000242. The Morgan fingerprint density at radius 3 is 2.73 bits per heavy atom. The summed E-state index contributed by atoms with van der Waals surface area (Å²) < 4.78 is 5.30. The second-order valence-electron chi connectivity index (χ2n) is 5.45. The monoisotopic (exact) mass is 326 g/mol. The molecular formula is C16H23ClN2O3. The van der Waals surface area contributed by atoms with Gasteiger partial charge >= 0.3 is 0 Å². The first-order valence-corrected chi connectivity index (χ1v) is 7.20. The van der Waals surface area contributed by atoms with Crippen LogP contribution in [0.5, 0.6) is 5.75 Å². The lowest BCUT2D eigenvalue weighted by molar-refractivity contribution is -0.131. The Hall–Kier alpha value is -1.59. The Morgan fingerprint density at radius 2 is 2.14 bits per heavy atom. The van der Waals surface area contributed by atoms with Crippen LogP contribution in [0.2, 0.25) is 0 Å². The summed E-state index contributed by atoms with van der Waals surface area (Å²) in [7, 11) is 1.57. The summed E-state index contributed by atoms with van der Waals surface area (Å²) in [6, 6.07) is 5.54. The van der Waals surface area contributed by atoms with Gasteiger partial charge in [-0.15, -0.1) is 12.4 Å². The van der Waals surface area contributed by atoms with Gasteiger partial charge in [0.2, 0.25) is 5.91 Å². The number of amides is 1. The van der Waals surface area contributed by atoms with Crippen molar-refractivity contribution in [1.82, 2.24) is 10.2 Å². The quantitative estimate of drug-likeness (QED) is 0.855. The van der Waals surface area contributed by atoms with E-state index in [0.29, 0.717) is 23.9 Å². The molecule has 22 heavy (non-hydrogen) atoms. The van der Waals surface area contributed by atoms with Crippen molar-refractivity contribution in [3.63, 3.8) is 0 Å². The number of Topliss-reactive ketones (excluding diaryl/α,β-unsaturated/α-hetero) is 1. The number of ether oxygens (including phenoxy) is 1. The van der Waals surface area contributed by atoms with Gasteiger partial charge in [0.05, 0.1) is 13.5 Å². The number of benzene rings is 1. The van der Waals surface area contributed by atoms with Crippen LogP contribution in [0.3, 0.4) is 0 Å². The van der Waals surface area contributed by atoms with Crippen molar-refractivity contribution in [2.75, 3.05) is 26.7 Å². The van der Waals surface area contributed by atoms with Crippen LogP contribution in [0, 0.1) is 0 Å². The molecule has 6 heteroatoms. The summed E-state index contributed by atoms with van der Waals surface area (Å²) in [6.07, 6.45) is 0.261. The second kappa shape index (κ2) is 8.15. The van der Waals surface area contributed by atoms with Gasteiger partial charge in [0, 0.05) is 36.8 Å². The van der Waals surface area contributed by atoms with Crippen LogP contribution in [0.25, 0.3) is 0 Å². The number of hydrogen-bond donors (Lipinski definition) is 1. The van der Waals surface area contributed by atoms with Crippen molar-refractivity contribution in [2.24, 2.45) is 0 Å². The minimum absolute atomic E-state index is 0. The first kappa shape index (κ1) is 18.5. The van der Waals surface area contributed by atoms with Crippen LogP contribution in [0.1, 0.15) is 29.8 Å². The van der Waals surface area contributed by atoms with Gasteiger partial charge in [-0.25, -0.2) is 0 Å². The maximum Gasteiger partial charge on any atom is 0.227 e. The first-order chi connectivity index (χ1) is 10.0. The average molecular weight is 327 g/mol. The number of carbonyl (C=O) groups is 2. The van der Waals surface area contributed by atoms with Crippen molar-refractivity contribution in [1.29, 1.82) is 0 Å². The lowest BCUT2D eigenvalue weighted by atomic mass is 10.0. The molecule has 0 saturated carbocycles. The maximum absolute atomic E-state index is 12.4. The zero-order valence-electron chi connectivity index (χ0n) is 13.2. The van der Waals surface area contributed by atoms with Crippen LogP contribution in [0.4, 0.5) is 0 Å². The number of carbonyl (C=O) groups excluding carboxylic acids is 2. The number of ketones is 1. The maximum atomic E-state index is 12.4. The fourth-order valence-corrected chi connectivity index (χ4v) is 2.57. The first-order valence-electron chi connectivity index (χ1n) is 7.20. The molecule has 2 rings (SSSR count). The lowest BCUT2D eigenvalue weighted by Gasteiger charge is -2.32. The zero-order valence-corrected chi connectivity index (χ0v) is 14.0. The van der Waals surface area contributed by atoms with E-state index in [4.69, 9.17) is 4.74 Å². The van der Waals surface area contributed by atoms with Crippen molar-refractivity contribution in [3.05, 3.63) is 29.3 Å². The van der Waals surface area contributed by atoms with Gasteiger partial charge in [-0.05, 0) is 32.0 Å². The van der Waals surface area contributed by atoms with E-state index in [1.54, 1.807) is 25.3 Å². The summed E-state index contributed by atoms with van der Waals surface area (Å²) in [4.78, 5) is 25.8. The molecule has 0 spiro atoms. The van der Waals surface area contributed by atoms with E-state index in [0.717, 1.165) is 18.7 Å². The molecular weight excluding hydrogens is 304 g/mol. The van der Waals surface area contributed by atoms with E-state index in [9.17, 15) is 9.59 Å².